The molecule has 1 aromatic rings. The molecule has 9 heteroatoms. The van der Waals surface area contributed by atoms with Crippen molar-refractivity contribution in [3.63, 3.8) is 0 Å². The summed E-state index contributed by atoms with van der Waals surface area (Å²) in [5, 5.41) is 47.9. The summed E-state index contributed by atoms with van der Waals surface area (Å²) < 4.78 is 9.77. The zero-order chi connectivity index (χ0) is 19.5. The molecule has 1 saturated carbocycles. The number of aliphatic hydroxyl groups is 3. The van der Waals surface area contributed by atoms with Crippen molar-refractivity contribution >= 4 is 18.0 Å². The normalized spacial score (nSPS) is 28.7. The zero-order valence-electron chi connectivity index (χ0n) is 13.9. The van der Waals surface area contributed by atoms with Gasteiger partial charge in [-0.3, -0.25) is 0 Å². The van der Waals surface area contributed by atoms with Gasteiger partial charge in [0, 0.05) is 18.9 Å². The van der Waals surface area contributed by atoms with E-state index in [0.29, 0.717) is 5.56 Å². The number of esters is 2. The fourth-order valence-corrected chi connectivity index (χ4v) is 2.77. The van der Waals surface area contributed by atoms with E-state index in [2.05, 4.69) is 4.74 Å². The second-order valence-electron chi connectivity index (χ2n) is 6.02. The predicted molar refractivity (Wildman–Crippen MR) is 86.9 cm³/mol. The average Bonchev–Trinajstić information content (AvgIpc) is 2.59. The summed E-state index contributed by atoms with van der Waals surface area (Å²) in [5.41, 5.74) is -1.56. The molecular weight excluding hydrogens is 348 g/mol. The van der Waals surface area contributed by atoms with E-state index in [4.69, 9.17) is 4.74 Å². The number of phenols is 2. The van der Waals surface area contributed by atoms with Gasteiger partial charge in [0.05, 0.1) is 19.3 Å². The van der Waals surface area contributed by atoms with Crippen LogP contribution in [0.4, 0.5) is 0 Å². The highest BCUT2D eigenvalue weighted by Gasteiger charge is 2.53. The number of aliphatic hydroxyl groups excluding tert-OH is 3. The van der Waals surface area contributed by atoms with Crippen molar-refractivity contribution in [1.82, 2.24) is 0 Å². The van der Waals surface area contributed by atoms with Gasteiger partial charge in [-0.1, -0.05) is 6.07 Å². The Balaban J connectivity index is 2.17. The summed E-state index contributed by atoms with van der Waals surface area (Å²) in [6.45, 7) is 0. The SMILES string of the molecule is COC(=O)C1(OC(=O)C=Cc2ccc(O)c(O)c2)CC(O)C(O)C(O)C1. The van der Waals surface area contributed by atoms with Crippen LogP contribution in [0, 0.1) is 0 Å². The number of ether oxygens (including phenoxy) is 2. The molecule has 1 aliphatic carbocycles. The van der Waals surface area contributed by atoms with Crippen LogP contribution >= 0.6 is 0 Å². The summed E-state index contributed by atoms with van der Waals surface area (Å²) in [6, 6.07) is 3.87. The molecule has 0 heterocycles. The molecule has 0 spiro atoms. The molecule has 0 amide bonds. The van der Waals surface area contributed by atoms with Crippen molar-refractivity contribution in [3.05, 3.63) is 29.8 Å². The number of benzene rings is 1. The van der Waals surface area contributed by atoms with E-state index >= 15 is 0 Å². The predicted octanol–water partition coefficient (Wildman–Crippen LogP) is -0.558. The molecule has 26 heavy (non-hydrogen) atoms. The van der Waals surface area contributed by atoms with Crippen LogP contribution in [0.15, 0.2) is 24.3 Å². The zero-order valence-corrected chi connectivity index (χ0v) is 13.9. The Morgan fingerprint density at radius 1 is 1.12 bits per heavy atom. The number of aromatic hydroxyl groups is 2. The van der Waals surface area contributed by atoms with Gasteiger partial charge in [-0.2, -0.15) is 0 Å². The van der Waals surface area contributed by atoms with E-state index in [0.717, 1.165) is 13.2 Å². The van der Waals surface area contributed by atoms with Crippen molar-refractivity contribution in [1.29, 1.82) is 0 Å². The number of carbonyl (C=O) groups excluding carboxylic acids is 2. The molecule has 2 unspecified atom stereocenters. The third kappa shape index (κ3) is 4.13. The first-order chi connectivity index (χ1) is 12.2. The minimum absolute atomic E-state index is 0.321. The van der Waals surface area contributed by atoms with Crippen LogP contribution in [0.5, 0.6) is 11.5 Å². The average molecular weight is 368 g/mol. The topological polar surface area (TPSA) is 154 Å². The van der Waals surface area contributed by atoms with E-state index in [1.807, 2.05) is 0 Å². The third-order valence-corrected chi connectivity index (χ3v) is 4.13. The monoisotopic (exact) mass is 368 g/mol. The van der Waals surface area contributed by atoms with Gasteiger partial charge >= 0.3 is 11.9 Å². The second-order valence-corrected chi connectivity index (χ2v) is 6.02. The lowest BCUT2D eigenvalue weighted by atomic mass is 9.79. The van der Waals surface area contributed by atoms with Gasteiger partial charge in [0.1, 0.15) is 6.10 Å². The Morgan fingerprint density at radius 2 is 1.73 bits per heavy atom. The first kappa shape index (κ1) is 19.7. The lowest BCUT2D eigenvalue weighted by molar-refractivity contribution is -0.203. The number of hydrogen-bond acceptors (Lipinski definition) is 9. The number of phenolic OH excluding ortho intramolecular Hbond substituents is 2. The number of rotatable bonds is 4. The Kier molecular flexibility index (Phi) is 5.86. The first-order valence-electron chi connectivity index (χ1n) is 7.74. The minimum atomic E-state index is -1.94. The minimum Gasteiger partial charge on any atom is -0.504 e. The van der Waals surface area contributed by atoms with E-state index in [1.54, 1.807) is 0 Å². The maximum Gasteiger partial charge on any atom is 0.350 e. The molecule has 1 fully saturated rings. The molecule has 9 nitrogen and oxygen atoms in total. The lowest BCUT2D eigenvalue weighted by Gasteiger charge is -2.40. The summed E-state index contributed by atoms with van der Waals surface area (Å²) >= 11 is 0. The summed E-state index contributed by atoms with van der Waals surface area (Å²) in [7, 11) is 1.07. The Hall–Kier alpha value is -2.62. The summed E-state index contributed by atoms with van der Waals surface area (Å²) in [5.74, 6) is -2.62. The molecule has 0 aliphatic heterocycles. The maximum atomic E-state index is 12.1. The van der Waals surface area contributed by atoms with Gasteiger partial charge in [0.25, 0.3) is 0 Å². The standard InChI is InChI=1S/C17H20O9/c1-25-16(24)17(7-12(20)15(23)13(21)8-17)26-14(22)5-3-9-2-4-10(18)11(19)6-9/h2-6,12-13,15,18-21,23H,7-8H2,1H3. The van der Waals surface area contributed by atoms with Crippen LogP contribution < -0.4 is 0 Å². The van der Waals surface area contributed by atoms with Gasteiger partial charge in [-0.25, -0.2) is 9.59 Å². The molecular formula is C17H20O9. The maximum absolute atomic E-state index is 12.1. The fourth-order valence-electron chi connectivity index (χ4n) is 2.77. The Labute approximate surface area is 148 Å². The van der Waals surface area contributed by atoms with Crippen LogP contribution in [0.25, 0.3) is 6.08 Å². The van der Waals surface area contributed by atoms with Gasteiger partial charge < -0.3 is 35.0 Å². The highest BCUT2D eigenvalue weighted by Crippen LogP contribution is 2.34. The highest BCUT2D eigenvalue weighted by atomic mass is 16.6. The molecule has 2 atom stereocenters. The molecule has 0 bridgehead atoms. The highest BCUT2D eigenvalue weighted by molar-refractivity contribution is 5.91. The largest absolute Gasteiger partial charge is 0.504 e. The summed E-state index contributed by atoms with van der Waals surface area (Å²) in [6.07, 6.45) is -3.05. The smallest absolute Gasteiger partial charge is 0.350 e. The van der Waals surface area contributed by atoms with Crippen LogP contribution in [0.3, 0.4) is 0 Å². The quantitative estimate of drug-likeness (QED) is 0.267. The molecule has 142 valence electrons. The summed E-state index contributed by atoms with van der Waals surface area (Å²) in [4.78, 5) is 24.2. The molecule has 1 aliphatic rings. The van der Waals surface area contributed by atoms with E-state index in [-0.39, 0.29) is 11.5 Å². The van der Waals surface area contributed by atoms with Crippen LogP contribution in [0.2, 0.25) is 0 Å². The Bertz CT molecular complexity index is 700. The van der Waals surface area contributed by atoms with Gasteiger partial charge in [-0.15, -0.1) is 0 Å². The molecule has 5 N–H and O–H groups in total. The van der Waals surface area contributed by atoms with E-state index in [9.17, 15) is 35.1 Å². The van der Waals surface area contributed by atoms with Crippen molar-refractivity contribution in [2.75, 3.05) is 7.11 Å². The van der Waals surface area contributed by atoms with Crippen molar-refractivity contribution < 1.29 is 44.6 Å². The van der Waals surface area contributed by atoms with Crippen LogP contribution in [-0.4, -0.2) is 68.5 Å². The van der Waals surface area contributed by atoms with Crippen molar-refractivity contribution in [3.8, 4) is 11.5 Å². The lowest BCUT2D eigenvalue weighted by Crippen LogP contribution is -2.58. The third-order valence-electron chi connectivity index (χ3n) is 4.13. The van der Waals surface area contributed by atoms with Crippen LogP contribution in [-0.2, 0) is 19.1 Å². The van der Waals surface area contributed by atoms with Crippen LogP contribution in [0.1, 0.15) is 18.4 Å². The first-order valence-corrected chi connectivity index (χ1v) is 7.74. The van der Waals surface area contributed by atoms with E-state index in [1.165, 1.54) is 24.3 Å². The number of methoxy groups -OCH3 is 1. The van der Waals surface area contributed by atoms with Gasteiger partial charge in [0.2, 0.25) is 5.60 Å². The Morgan fingerprint density at radius 3 is 2.27 bits per heavy atom. The molecule has 0 aromatic heterocycles. The molecule has 0 saturated heterocycles. The van der Waals surface area contributed by atoms with Crippen molar-refractivity contribution in [2.24, 2.45) is 0 Å². The van der Waals surface area contributed by atoms with Crippen molar-refractivity contribution in [2.45, 2.75) is 36.8 Å². The second kappa shape index (κ2) is 7.73. The number of hydrogen-bond donors (Lipinski definition) is 5. The number of carbonyl (C=O) groups is 2. The molecule has 1 aromatic carbocycles. The van der Waals surface area contributed by atoms with E-state index < -0.39 is 48.7 Å². The molecule has 2 rings (SSSR count). The van der Waals surface area contributed by atoms with Gasteiger partial charge in [0.15, 0.2) is 11.5 Å². The fraction of sp³-hybridized carbons (Fsp3) is 0.412. The van der Waals surface area contributed by atoms with Gasteiger partial charge in [-0.05, 0) is 23.8 Å². The molecule has 0 radical (unpaired) electrons.